The zero-order valence-corrected chi connectivity index (χ0v) is 13.5. The molecule has 2 aromatic heterocycles. The van der Waals surface area contributed by atoms with Gasteiger partial charge in [0.25, 0.3) is 0 Å². The molecule has 0 radical (unpaired) electrons. The summed E-state index contributed by atoms with van der Waals surface area (Å²) in [6, 6.07) is 14.4. The average molecular weight is 316 g/mol. The maximum atomic E-state index is 4.96. The first-order valence-corrected chi connectivity index (χ1v) is 8.45. The molecule has 0 amide bonds. The Kier molecular flexibility index (Phi) is 4.30. The van der Waals surface area contributed by atoms with Crippen molar-refractivity contribution in [3.8, 4) is 22.5 Å². The molecule has 0 aliphatic carbocycles. The summed E-state index contributed by atoms with van der Waals surface area (Å²) in [5, 5.41) is 3.44. The molecular weight excluding hydrogens is 296 g/mol. The van der Waals surface area contributed by atoms with Gasteiger partial charge >= 0.3 is 0 Å². The third-order valence-electron chi connectivity index (χ3n) is 4.55. The van der Waals surface area contributed by atoms with Crippen molar-refractivity contribution in [3.63, 3.8) is 0 Å². The first kappa shape index (κ1) is 15.0. The lowest BCUT2D eigenvalue weighted by Gasteiger charge is -2.24. The van der Waals surface area contributed by atoms with Crippen molar-refractivity contribution in [1.82, 2.24) is 20.3 Å². The Morgan fingerprint density at radius 3 is 2.42 bits per heavy atom. The fraction of sp³-hybridized carbons (Fsp3) is 0.250. The van der Waals surface area contributed by atoms with Gasteiger partial charge in [0.05, 0.1) is 5.69 Å². The monoisotopic (exact) mass is 316 g/mol. The van der Waals surface area contributed by atoms with Crippen molar-refractivity contribution in [2.24, 2.45) is 0 Å². The number of nitrogens with zero attached hydrogens (tertiary/aromatic N) is 3. The second-order valence-electron chi connectivity index (χ2n) is 6.12. The quantitative estimate of drug-likeness (QED) is 0.801. The smallest absolute Gasteiger partial charge is 0.160 e. The van der Waals surface area contributed by atoms with Crippen molar-refractivity contribution in [2.75, 3.05) is 13.1 Å². The molecule has 1 aromatic carbocycles. The number of hydrogen-bond donors (Lipinski definition) is 1. The van der Waals surface area contributed by atoms with Crippen molar-refractivity contribution in [1.29, 1.82) is 0 Å². The van der Waals surface area contributed by atoms with Crippen LogP contribution in [0, 0.1) is 0 Å². The molecule has 0 saturated carbocycles. The van der Waals surface area contributed by atoms with Gasteiger partial charge in [-0.15, -0.1) is 0 Å². The van der Waals surface area contributed by atoms with E-state index in [2.05, 4.69) is 39.6 Å². The minimum atomic E-state index is 0.472. The summed E-state index contributed by atoms with van der Waals surface area (Å²) in [5.41, 5.74) is 4.46. The van der Waals surface area contributed by atoms with Gasteiger partial charge in [-0.05, 0) is 43.6 Å². The zero-order chi connectivity index (χ0) is 16.2. The summed E-state index contributed by atoms with van der Waals surface area (Å²) in [5.74, 6) is 1.23. The molecule has 1 aliphatic heterocycles. The lowest BCUT2D eigenvalue weighted by molar-refractivity contribution is 0.454. The highest BCUT2D eigenvalue weighted by Gasteiger charge is 2.21. The summed E-state index contributed by atoms with van der Waals surface area (Å²) in [7, 11) is 0. The van der Waals surface area contributed by atoms with Gasteiger partial charge in [0, 0.05) is 35.6 Å². The Morgan fingerprint density at radius 2 is 1.67 bits per heavy atom. The van der Waals surface area contributed by atoms with Crippen molar-refractivity contribution < 1.29 is 0 Å². The number of piperidine rings is 1. The second kappa shape index (κ2) is 6.89. The minimum absolute atomic E-state index is 0.472. The Bertz CT molecular complexity index is 796. The molecule has 1 saturated heterocycles. The summed E-state index contributed by atoms with van der Waals surface area (Å²) < 4.78 is 0. The van der Waals surface area contributed by atoms with E-state index in [0.29, 0.717) is 5.92 Å². The Balaban J connectivity index is 1.81. The Hall–Kier alpha value is -2.59. The molecule has 3 heterocycles. The van der Waals surface area contributed by atoms with E-state index in [1.54, 1.807) is 6.20 Å². The highest BCUT2D eigenvalue weighted by molar-refractivity contribution is 5.67. The van der Waals surface area contributed by atoms with Crippen LogP contribution in [-0.2, 0) is 0 Å². The van der Waals surface area contributed by atoms with Crippen LogP contribution >= 0.6 is 0 Å². The van der Waals surface area contributed by atoms with Gasteiger partial charge in [0.15, 0.2) is 5.82 Å². The average Bonchev–Trinajstić information content (AvgIpc) is 2.69. The van der Waals surface area contributed by atoms with Crippen LogP contribution in [0.4, 0.5) is 0 Å². The topological polar surface area (TPSA) is 50.7 Å². The van der Waals surface area contributed by atoms with E-state index in [1.165, 1.54) is 5.56 Å². The molecule has 0 bridgehead atoms. The highest BCUT2D eigenvalue weighted by atomic mass is 14.9. The van der Waals surface area contributed by atoms with Crippen LogP contribution in [0.25, 0.3) is 22.5 Å². The molecule has 1 aliphatic rings. The molecule has 1 N–H and O–H groups in total. The maximum absolute atomic E-state index is 4.96. The number of rotatable bonds is 3. The molecule has 4 nitrogen and oxygen atoms in total. The normalized spacial score (nSPS) is 15.3. The molecule has 120 valence electrons. The summed E-state index contributed by atoms with van der Waals surface area (Å²) in [6.45, 7) is 2.09. The molecule has 0 atom stereocenters. The Labute approximate surface area is 142 Å². The highest BCUT2D eigenvalue weighted by Crippen LogP contribution is 2.33. The van der Waals surface area contributed by atoms with Gasteiger partial charge in [0.2, 0.25) is 0 Å². The van der Waals surface area contributed by atoms with Crippen molar-refractivity contribution >= 4 is 0 Å². The zero-order valence-electron chi connectivity index (χ0n) is 13.5. The predicted molar refractivity (Wildman–Crippen MR) is 95.5 cm³/mol. The number of hydrogen-bond acceptors (Lipinski definition) is 4. The first-order chi connectivity index (χ1) is 11.9. The van der Waals surface area contributed by atoms with E-state index in [0.717, 1.165) is 48.6 Å². The summed E-state index contributed by atoms with van der Waals surface area (Å²) in [4.78, 5) is 13.8. The van der Waals surface area contributed by atoms with Crippen LogP contribution in [0.3, 0.4) is 0 Å². The number of nitrogens with one attached hydrogen (secondary N) is 1. The number of benzene rings is 1. The van der Waals surface area contributed by atoms with Gasteiger partial charge in [-0.25, -0.2) is 9.97 Å². The third kappa shape index (κ3) is 3.05. The fourth-order valence-corrected chi connectivity index (χ4v) is 3.28. The number of aromatic nitrogens is 3. The van der Waals surface area contributed by atoms with Crippen LogP contribution in [-0.4, -0.2) is 28.0 Å². The lowest BCUT2D eigenvalue weighted by Crippen LogP contribution is -2.27. The van der Waals surface area contributed by atoms with Gasteiger partial charge in [-0.2, -0.15) is 0 Å². The maximum Gasteiger partial charge on any atom is 0.160 e. The van der Waals surface area contributed by atoms with Gasteiger partial charge < -0.3 is 5.32 Å². The van der Waals surface area contributed by atoms with E-state index in [-0.39, 0.29) is 0 Å². The van der Waals surface area contributed by atoms with Gasteiger partial charge in [0.1, 0.15) is 0 Å². The van der Waals surface area contributed by atoms with Gasteiger partial charge in [-0.1, -0.05) is 30.3 Å². The van der Waals surface area contributed by atoms with E-state index in [4.69, 9.17) is 4.98 Å². The molecule has 3 aromatic rings. The minimum Gasteiger partial charge on any atom is -0.317 e. The van der Waals surface area contributed by atoms with Crippen LogP contribution in [0.5, 0.6) is 0 Å². The van der Waals surface area contributed by atoms with E-state index >= 15 is 0 Å². The van der Waals surface area contributed by atoms with Crippen molar-refractivity contribution in [2.45, 2.75) is 18.8 Å². The van der Waals surface area contributed by atoms with E-state index < -0.39 is 0 Å². The second-order valence-corrected chi connectivity index (χ2v) is 6.12. The van der Waals surface area contributed by atoms with Crippen LogP contribution in [0.15, 0.2) is 61.1 Å². The lowest BCUT2D eigenvalue weighted by atomic mass is 9.89. The first-order valence-electron chi connectivity index (χ1n) is 8.45. The Morgan fingerprint density at radius 1 is 0.875 bits per heavy atom. The predicted octanol–water partition coefficient (Wildman–Crippen LogP) is 3.67. The largest absolute Gasteiger partial charge is 0.317 e. The summed E-state index contributed by atoms with van der Waals surface area (Å²) in [6.07, 6.45) is 7.80. The van der Waals surface area contributed by atoms with E-state index in [9.17, 15) is 0 Å². The molecule has 24 heavy (non-hydrogen) atoms. The number of pyridine rings is 1. The third-order valence-corrected chi connectivity index (χ3v) is 4.55. The van der Waals surface area contributed by atoms with Gasteiger partial charge in [-0.3, -0.25) is 4.98 Å². The SMILES string of the molecule is c1ccc(-c2cnc(-c3cccnc3)nc2C2CCNCC2)cc1. The molecule has 4 rings (SSSR count). The summed E-state index contributed by atoms with van der Waals surface area (Å²) >= 11 is 0. The standard InChI is InChI=1S/C20H20N4/c1-2-5-15(6-3-1)18-14-23-20(17-7-4-10-22-13-17)24-19(18)16-8-11-21-12-9-16/h1-7,10,13-14,16,21H,8-9,11-12H2. The van der Waals surface area contributed by atoms with E-state index in [1.807, 2.05) is 30.6 Å². The molecule has 0 spiro atoms. The molecule has 0 unspecified atom stereocenters. The van der Waals surface area contributed by atoms with Crippen molar-refractivity contribution in [3.05, 3.63) is 66.7 Å². The van der Waals surface area contributed by atoms with Crippen LogP contribution in [0.1, 0.15) is 24.5 Å². The fourth-order valence-electron chi connectivity index (χ4n) is 3.28. The molecular formula is C20H20N4. The van der Waals surface area contributed by atoms with Crippen LogP contribution in [0.2, 0.25) is 0 Å². The van der Waals surface area contributed by atoms with Crippen LogP contribution < -0.4 is 5.32 Å². The molecule has 1 fully saturated rings. The molecule has 4 heteroatoms.